The molecule has 0 saturated heterocycles. The number of aliphatic hydroxyl groups is 1. The minimum Gasteiger partial charge on any atom is -0.381 e. The van der Waals surface area contributed by atoms with Crippen LogP contribution in [0.3, 0.4) is 0 Å². The summed E-state index contributed by atoms with van der Waals surface area (Å²) in [6.07, 6.45) is 0.785. The van der Waals surface area contributed by atoms with Gasteiger partial charge < -0.3 is 14.6 Å². The Bertz CT molecular complexity index is 351. The largest absolute Gasteiger partial charge is 0.381 e. The van der Waals surface area contributed by atoms with E-state index >= 15 is 0 Å². The topological polar surface area (TPSA) is 56.5 Å². The number of aliphatic hydroxyl groups excluding tert-OH is 1. The van der Waals surface area contributed by atoms with Gasteiger partial charge in [0.05, 0.1) is 16.9 Å². The van der Waals surface area contributed by atoms with E-state index in [-0.39, 0.29) is 0 Å². The Morgan fingerprint density at radius 2 is 1.94 bits per heavy atom. The van der Waals surface area contributed by atoms with Crippen LogP contribution in [0.2, 0.25) is 5.02 Å². The van der Waals surface area contributed by atoms with Gasteiger partial charge in [-0.05, 0) is 20.3 Å². The Morgan fingerprint density at radius 3 is 2.44 bits per heavy atom. The lowest BCUT2D eigenvalue weighted by Gasteiger charge is -2.23. The second-order valence-corrected chi connectivity index (χ2v) is 4.23. The van der Waals surface area contributed by atoms with Gasteiger partial charge in [-0.15, -0.1) is 0 Å². The van der Waals surface area contributed by atoms with Gasteiger partial charge >= 0.3 is 0 Å². The standard InChI is InChI=1S/C12H21ClN2O3/c1-4-7-15-10(9(13)8-14-15)11(16)12(17-5-2)18-6-3/h8,11-12,16H,4-7H2,1-3H3. The number of hydrogen-bond acceptors (Lipinski definition) is 4. The van der Waals surface area contributed by atoms with Gasteiger partial charge in [-0.3, -0.25) is 4.68 Å². The number of ether oxygens (including phenoxy) is 2. The van der Waals surface area contributed by atoms with E-state index in [0.717, 1.165) is 6.42 Å². The maximum Gasteiger partial charge on any atom is 0.189 e. The van der Waals surface area contributed by atoms with Crippen LogP contribution >= 0.6 is 11.6 Å². The molecule has 0 fully saturated rings. The molecule has 1 unspecified atom stereocenters. The summed E-state index contributed by atoms with van der Waals surface area (Å²) in [5.41, 5.74) is 0.547. The van der Waals surface area contributed by atoms with Gasteiger partial charge in [0.25, 0.3) is 0 Å². The molecule has 0 aliphatic heterocycles. The quantitative estimate of drug-likeness (QED) is 0.741. The summed E-state index contributed by atoms with van der Waals surface area (Å²) in [4.78, 5) is 0. The second-order valence-electron chi connectivity index (χ2n) is 3.82. The Morgan fingerprint density at radius 1 is 1.33 bits per heavy atom. The lowest BCUT2D eigenvalue weighted by atomic mass is 10.2. The van der Waals surface area contributed by atoms with Crippen molar-refractivity contribution in [2.45, 2.75) is 46.1 Å². The molecule has 0 spiro atoms. The smallest absolute Gasteiger partial charge is 0.189 e. The number of halogens is 1. The Balaban J connectivity index is 2.91. The Hall–Kier alpha value is -0.620. The average Bonchev–Trinajstić information content (AvgIpc) is 2.70. The average molecular weight is 277 g/mol. The molecule has 104 valence electrons. The van der Waals surface area contributed by atoms with Crippen molar-refractivity contribution in [3.63, 3.8) is 0 Å². The molecule has 0 amide bonds. The second kappa shape index (κ2) is 7.74. The molecule has 1 heterocycles. The van der Waals surface area contributed by atoms with E-state index < -0.39 is 12.4 Å². The third-order valence-corrected chi connectivity index (χ3v) is 2.76. The molecule has 1 rings (SSSR count). The van der Waals surface area contributed by atoms with Crippen molar-refractivity contribution in [3.05, 3.63) is 16.9 Å². The minimum atomic E-state index is -0.938. The highest BCUT2D eigenvalue weighted by Crippen LogP contribution is 2.27. The lowest BCUT2D eigenvalue weighted by Crippen LogP contribution is -2.28. The summed E-state index contributed by atoms with van der Waals surface area (Å²) in [5.74, 6) is 0. The lowest BCUT2D eigenvalue weighted by molar-refractivity contribution is -0.193. The van der Waals surface area contributed by atoms with Gasteiger partial charge in [0.15, 0.2) is 6.29 Å². The van der Waals surface area contributed by atoms with Gasteiger partial charge in [0.1, 0.15) is 6.10 Å². The number of aryl methyl sites for hydroxylation is 1. The number of aromatic nitrogens is 2. The van der Waals surface area contributed by atoms with E-state index in [9.17, 15) is 5.11 Å². The molecule has 6 heteroatoms. The van der Waals surface area contributed by atoms with Gasteiger partial charge in [-0.1, -0.05) is 18.5 Å². The van der Waals surface area contributed by atoms with E-state index in [1.165, 1.54) is 6.20 Å². The number of hydrogen-bond donors (Lipinski definition) is 1. The first-order chi connectivity index (χ1) is 8.65. The van der Waals surface area contributed by atoms with Crippen LogP contribution in [0.1, 0.15) is 39.0 Å². The molecule has 0 saturated carbocycles. The normalized spacial score (nSPS) is 13.2. The molecule has 18 heavy (non-hydrogen) atoms. The van der Waals surface area contributed by atoms with Crippen molar-refractivity contribution >= 4 is 11.6 Å². The Labute approximate surface area is 113 Å². The zero-order chi connectivity index (χ0) is 13.5. The molecule has 1 aromatic heterocycles. The van der Waals surface area contributed by atoms with Crippen LogP contribution in [0, 0.1) is 0 Å². The molecule has 0 aromatic carbocycles. The highest BCUT2D eigenvalue weighted by Gasteiger charge is 2.27. The predicted octanol–water partition coefficient (Wildman–Crippen LogP) is 2.38. The maximum absolute atomic E-state index is 10.3. The van der Waals surface area contributed by atoms with E-state index in [1.54, 1.807) is 4.68 Å². The molecule has 1 aromatic rings. The van der Waals surface area contributed by atoms with Crippen LogP contribution < -0.4 is 0 Å². The molecule has 0 radical (unpaired) electrons. The highest BCUT2D eigenvalue weighted by atomic mass is 35.5. The first kappa shape index (κ1) is 15.4. The molecule has 5 nitrogen and oxygen atoms in total. The van der Waals surface area contributed by atoms with Gasteiger partial charge in [-0.2, -0.15) is 5.10 Å². The monoisotopic (exact) mass is 276 g/mol. The molecular formula is C12H21ClN2O3. The number of rotatable bonds is 8. The number of nitrogens with zero attached hydrogens (tertiary/aromatic N) is 2. The first-order valence-corrected chi connectivity index (χ1v) is 6.65. The van der Waals surface area contributed by atoms with E-state index in [4.69, 9.17) is 21.1 Å². The summed E-state index contributed by atoms with van der Waals surface area (Å²) >= 11 is 6.07. The fourth-order valence-corrected chi connectivity index (χ4v) is 2.00. The molecule has 1 N–H and O–H groups in total. The van der Waals surface area contributed by atoms with Crippen molar-refractivity contribution in [2.24, 2.45) is 0 Å². The fourth-order valence-electron chi connectivity index (χ4n) is 1.74. The minimum absolute atomic E-state index is 0.431. The van der Waals surface area contributed by atoms with Crippen LogP contribution in [-0.4, -0.2) is 34.4 Å². The molecule has 0 bridgehead atoms. The summed E-state index contributed by atoms with van der Waals surface area (Å²) < 4.78 is 12.5. The van der Waals surface area contributed by atoms with Crippen molar-refractivity contribution in [3.8, 4) is 0 Å². The van der Waals surface area contributed by atoms with E-state index in [2.05, 4.69) is 5.10 Å². The molecule has 0 aliphatic carbocycles. The fraction of sp³-hybridized carbons (Fsp3) is 0.750. The highest BCUT2D eigenvalue weighted by molar-refractivity contribution is 6.31. The summed E-state index contributed by atoms with van der Waals surface area (Å²) in [5, 5.41) is 14.9. The van der Waals surface area contributed by atoms with Crippen LogP contribution in [0.25, 0.3) is 0 Å². The van der Waals surface area contributed by atoms with Crippen LogP contribution in [0.5, 0.6) is 0 Å². The Kier molecular flexibility index (Phi) is 6.63. The van der Waals surface area contributed by atoms with Crippen LogP contribution in [-0.2, 0) is 16.0 Å². The van der Waals surface area contributed by atoms with E-state index in [0.29, 0.717) is 30.5 Å². The van der Waals surface area contributed by atoms with Crippen molar-refractivity contribution in [2.75, 3.05) is 13.2 Å². The molecular weight excluding hydrogens is 256 g/mol. The van der Waals surface area contributed by atoms with Crippen molar-refractivity contribution < 1.29 is 14.6 Å². The summed E-state index contributed by atoms with van der Waals surface area (Å²) in [6.45, 7) is 7.36. The SMILES string of the molecule is CCCn1ncc(Cl)c1C(O)C(OCC)OCC. The summed E-state index contributed by atoms with van der Waals surface area (Å²) in [6, 6.07) is 0. The van der Waals surface area contributed by atoms with Gasteiger partial charge in [0, 0.05) is 19.8 Å². The zero-order valence-electron chi connectivity index (χ0n) is 11.1. The van der Waals surface area contributed by atoms with Crippen molar-refractivity contribution in [1.29, 1.82) is 0 Å². The third-order valence-electron chi connectivity index (χ3n) is 2.47. The summed E-state index contributed by atoms with van der Waals surface area (Å²) in [7, 11) is 0. The maximum atomic E-state index is 10.3. The predicted molar refractivity (Wildman–Crippen MR) is 69.5 cm³/mol. The molecule has 0 aliphatic rings. The van der Waals surface area contributed by atoms with Crippen LogP contribution in [0.15, 0.2) is 6.20 Å². The van der Waals surface area contributed by atoms with Crippen molar-refractivity contribution in [1.82, 2.24) is 9.78 Å². The molecule has 1 atom stereocenters. The van der Waals surface area contributed by atoms with Gasteiger partial charge in [0.2, 0.25) is 0 Å². The first-order valence-electron chi connectivity index (χ1n) is 6.28. The van der Waals surface area contributed by atoms with Crippen LogP contribution in [0.4, 0.5) is 0 Å². The third kappa shape index (κ3) is 3.68. The van der Waals surface area contributed by atoms with Gasteiger partial charge in [-0.25, -0.2) is 0 Å². The van der Waals surface area contributed by atoms with E-state index in [1.807, 2.05) is 20.8 Å². The zero-order valence-corrected chi connectivity index (χ0v) is 11.9.